The predicted octanol–water partition coefficient (Wildman–Crippen LogP) is 1.60. The zero-order valence-electron chi connectivity index (χ0n) is 9.52. The zero-order chi connectivity index (χ0) is 13.8. The summed E-state index contributed by atoms with van der Waals surface area (Å²) in [5.41, 5.74) is 2.42. The summed E-state index contributed by atoms with van der Waals surface area (Å²) < 4.78 is 31.0. The van der Waals surface area contributed by atoms with E-state index in [0.29, 0.717) is 5.69 Å². The van der Waals surface area contributed by atoms with Crippen molar-refractivity contribution in [3.05, 3.63) is 45.9 Å². The second kappa shape index (κ2) is 5.72. The molecule has 1 amide bonds. The molecule has 3 N–H and O–H groups in total. The molecule has 0 aliphatic carbocycles. The average Bonchev–Trinajstić information content (AvgIpc) is 2.83. The molecule has 0 radical (unpaired) electrons. The second-order valence-corrected chi connectivity index (χ2v) is 4.37. The number of hydrogen-bond acceptors (Lipinski definition) is 5. The molecular weight excluding hydrogens is 276 g/mol. The number of halogens is 2. The van der Waals surface area contributed by atoms with Crippen molar-refractivity contribution in [1.29, 1.82) is 0 Å². The fourth-order valence-corrected chi connectivity index (χ4v) is 2.01. The summed E-state index contributed by atoms with van der Waals surface area (Å²) >= 11 is 1.09. The smallest absolute Gasteiger partial charge is 0.294 e. The first kappa shape index (κ1) is 13.4. The van der Waals surface area contributed by atoms with Gasteiger partial charge in [0.05, 0.1) is 5.69 Å². The van der Waals surface area contributed by atoms with Gasteiger partial charge in [0.1, 0.15) is 24.0 Å². The number of nitrogens with two attached hydrogens (primary N) is 1. The van der Waals surface area contributed by atoms with Crippen molar-refractivity contribution < 1.29 is 18.3 Å². The van der Waals surface area contributed by atoms with Crippen LogP contribution in [-0.2, 0) is 6.61 Å². The molecule has 0 fully saturated rings. The van der Waals surface area contributed by atoms with Crippen molar-refractivity contribution in [2.24, 2.45) is 5.84 Å². The fourth-order valence-electron chi connectivity index (χ4n) is 1.31. The van der Waals surface area contributed by atoms with Gasteiger partial charge in [0.25, 0.3) is 5.91 Å². The molecule has 5 nitrogen and oxygen atoms in total. The molecule has 8 heteroatoms. The molecule has 1 heterocycles. The minimum atomic E-state index is -0.725. The van der Waals surface area contributed by atoms with Crippen molar-refractivity contribution in [3.63, 3.8) is 0 Å². The Hall–Kier alpha value is -2.06. The van der Waals surface area contributed by atoms with Gasteiger partial charge >= 0.3 is 0 Å². The lowest BCUT2D eigenvalue weighted by molar-refractivity contribution is 0.0953. The van der Waals surface area contributed by atoms with Crippen LogP contribution in [0, 0.1) is 11.6 Å². The Kier molecular flexibility index (Phi) is 4.03. The van der Waals surface area contributed by atoms with Crippen molar-refractivity contribution in [3.8, 4) is 5.75 Å². The monoisotopic (exact) mass is 285 g/mol. The summed E-state index contributed by atoms with van der Waals surface area (Å²) in [5.74, 6) is 3.06. The van der Waals surface area contributed by atoms with Gasteiger partial charge in [-0.15, -0.1) is 11.3 Å². The summed E-state index contributed by atoms with van der Waals surface area (Å²) in [7, 11) is 0. The molecule has 0 aliphatic rings. The number of nitrogens with zero attached hydrogens (tertiary/aromatic N) is 1. The number of carbonyl (C=O) groups excluding carboxylic acids is 1. The van der Waals surface area contributed by atoms with E-state index in [1.807, 2.05) is 5.43 Å². The fraction of sp³-hybridized carbons (Fsp3) is 0.0909. The molecule has 0 saturated heterocycles. The van der Waals surface area contributed by atoms with Gasteiger partial charge in [-0.3, -0.25) is 10.2 Å². The van der Waals surface area contributed by atoms with E-state index in [2.05, 4.69) is 4.98 Å². The summed E-state index contributed by atoms with van der Waals surface area (Å²) in [5, 5.41) is 1.78. The first-order chi connectivity index (χ1) is 9.08. The van der Waals surface area contributed by atoms with Crippen molar-refractivity contribution in [2.75, 3.05) is 0 Å². The Morgan fingerprint density at radius 2 is 2.05 bits per heavy atom. The van der Waals surface area contributed by atoms with E-state index in [9.17, 15) is 13.6 Å². The lowest BCUT2D eigenvalue weighted by Crippen LogP contribution is -2.29. The van der Waals surface area contributed by atoms with Gasteiger partial charge in [-0.25, -0.2) is 19.6 Å². The third-order valence-corrected chi connectivity index (χ3v) is 2.99. The van der Waals surface area contributed by atoms with Crippen LogP contribution in [-0.4, -0.2) is 10.9 Å². The lowest BCUT2D eigenvalue weighted by Gasteiger charge is -2.04. The number of amides is 1. The van der Waals surface area contributed by atoms with Crippen LogP contribution in [0.2, 0.25) is 0 Å². The number of aromatic nitrogens is 1. The molecule has 100 valence electrons. The molecule has 2 rings (SSSR count). The quantitative estimate of drug-likeness (QED) is 0.508. The van der Waals surface area contributed by atoms with Gasteiger partial charge < -0.3 is 4.74 Å². The lowest BCUT2D eigenvalue weighted by atomic mass is 10.3. The number of ether oxygens (including phenoxy) is 1. The van der Waals surface area contributed by atoms with E-state index in [0.717, 1.165) is 29.5 Å². The first-order valence-electron chi connectivity index (χ1n) is 5.12. The van der Waals surface area contributed by atoms with Crippen LogP contribution in [0.5, 0.6) is 5.75 Å². The molecule has 0 saturated carbocycles. The molecule has 0 aliphatic heterocycles. The van der Waals surface area contributed by atoms with E-state index in [4.69, 9.17) is 10.6 Å². The normalized spacial score (nSPS) is 10.3. The van der Waals surface area contributed by atoms with Crippen LogP contribution in [0.25, 0.3) is 0 Å². The van der Waals surface area contributed by atoms with Crippen molar-refractivity contribution in [1.82, 2.24) is 10.4 Å². The number of hydrogen-bond donors (Lipinski definition) is 2. The SMILES string of the molecule is NNC(=O)c1nc(COc2cc(F)cc(F)c2)cs1. The Morgan fingerprint density at radius 1 is 1.37 bits per heavy atom. The van der Waals surface area contributed by atoms with E-state index < -0.39 is 17.5 Å². The minimum Gasteiger partial charge on any atom is -0.487 e. The number of nitrogens with one attached hydrogen (secondary N) is 1. The molecular formula is C11H9F2N3O2S. The summed E-state index contributed by atoms with van der Waals surface area (Å²) in [6.07, 6.45) is 0. The van der Waals surface area contributed by atoms with Gasteiger partial charge in [0.2, 0.25) is 0 Å². The number of rotatable bonds is 4. The third kappa shape index (κ3) is 3.46. The number of hydrazine groups is 1. The summed E-state index contributed by atoms with van der Waals surface area (Å²) in [6, 6.07) is 2.87. The van der Waals surface area contributed by atoms with Crippen molar-refractivity contribution in [2.45, 2.75) is 6.61 Å². The van der Waals surface area contributed by atoms with Crippen LogP contribution in [0.4, 0.5) is 8.78 Å². The van der Waals surface area contributed by atoms with Crippen molar-refractivity contribution >= 4 is 17.2 Å². The topological polar surface area (TPSA) is 77.2 Å². The second-order valence-electron chi connectivity index (χ2n) is 3.51. The Bertz CT molecular complexity index is 583. The molecule has 0 spiro atoms. The maximum atomic E-state index is 12.9. The van der Waals surface area contributed by atoms with E-state index in [-0.39, 0.29) is 17.4 Å². The Morgan fingerprint density at radius 3 is 2.68 bits per heavy atom. The molecule has 0 bridgehead atoms. The Balaban J connectivity index is 2.02. The van der Waals surface area contributed by atoms with E-state index >= 15 is 0 Å². The highest BCUT2D eigenvalue weighted by atomic mass is 32.1. The van der Waals surface area contributed by atoms with Crippen LogP contribution < -0.4 is 16.0 Å². The Labute approximate surface area is 111 Å². The molecule has 1 aromatic heterocycles. The minimum absolute atomic E-state index is 0.00273. The van der Waals surface area contributed by atoms with Crippen LogP contribution >= 0.6 is 11.3 Å². The van der Waals surface area contributed by atoms with Crippen LogP contribution in [0.15, 0.2) is 23.6 Å². The molecule has 1 aromatic carbocycles. The first-order valence-corrected chi connectivity index (χ1v) is 6.00. The summed E-state index contributed by atoms with van der Waals surface area (Å²) in [4.78, 5) is 15.1. The van der Waals surface area contributed by atoms with E-state index in [1.54, 1.807) is 5.38 Å². The van der Waals surface area contributed by atoms with Gasteiger partial charge in [-0.2, -0.15) is 0 Å². The molecule has 0 unspecified atom stereocenters. The van der Waals surface area contributed by atoms with E-state index in [1.165, 1.54) is 0 Å². The number of nitrogen functional groups attached to an aromatic ring is 1. The highest BCUT2D eigenvalue weighted by Gasteiger charge is 2.10. The van der Waals surface area contributed by atoms with Crippen LogP contribution in [0.1, 0.15) is 15.5 Å². The molecule has 19 heavy (non-hydrogen) atoms. The summed E-state index contributed by atoms with van der Waals surface area (Å²) in [6.45, 7) is -0.00273. The highest BCUT2D eigenvalue weighted by Crippen LogP contribution is 2.17. The largest absolute Gasteiger partial charge is 0.487 e. The third-order valence-electron chi connectivity index (χ3n) is 2.10. The number of thiazole rings is 1. The zero-order valence-corrected chi connectivity index (χ0v) is 10.3. The molecule has 0 atom stereocenters. The number of carbonyl (C=O) groups is 1. The highest BCUT2D eigenvalue weighted by molar-refractivity contribution is 7.11. The standard InChI is InChI=1S/C11H9F2N3O2S/c12-6-1-7(13)3-9(2-6)18-4-8-5-19-11(15-8)10(17)16-14/h1-3,5H,4,14H2,(H,16,17). The molecule has 2 aromatic rings. The van der Waals surface area contributed by atoms with Gasteiger partial charge in [0.15, 0.2) is 5.01 Å². The van der Waals surface area contributed by atoms with Gasteiger partial charge in [0, 0.05) is 23.6 Å². The maximum Gasteiger partial charge on any atom is 0.294 e. The van der Waals surface area contributed by atoms with Gasteiger partial charge in [-0.1, -0.05) is 0 Å². The average molecular weight is 285 g/mol. The van der Waals surface area contributed by atoms with Gasteiger partial charge in [-0.05, 0) is 0 Å². The maximum absolute atomic E-state index is 12.9. The van der Waals surface area contributed by atoms with Crippen LogP contribution in [0.3, 0.4) is 0 Å². The number of benzene rings is 1. The predicted molar refractivity (Wildman–Crippen MR) is 64.5 cm³/mol.